The van der Waals surface area contributed by atoms with Gasteiger partial charge in [-0.3, -0.25) is 4.79 Å². The monoisotopic (exact) mass is 286 g/mol. The molecule has 2 rings (SSSR count). The summed E-state index contributed by atoms with van der Waals surface area (Å²) in [6.07, 6.45) is 2.51. The van der Waals surface area contributed by atoms with Gasteiger partial charge in [0.05, 0.1) is 7.11 Å². The van der Waals surface area contributed by atoms with E-state index in [4.69, 9.17) is 9.47 Å². The number of benzene rings is 1. The van der Waals surface area contributed by atoms with E-state index in [2.05, 4.69) is 17.2 Å². The lowest BCUT2D eigenvalue weighted by Gasteiger charge is -2.10. The Hall–Kier alpha value is -2.56. The molecule has 0 unspecified atom stereocenters. The first-order valence-corrected chi connectivity index (χ1v) is 6.73. The van der Waals surface area contributed by atoms with Gasteiger partial charge in [0.15, 0.2) is 18.2 Å². The van der Waals surface area contributed by atoms with Crippen LogP contribution in [0.3, 0.4) is 0 Å². The first-order valence-electron chi connectivity index (χ1n) is 6.73. The van der Waals surface area contributed by atoms with Crippen LogP contribution in [0.4, 0.5) is 5.82 Å². The molecule has 0 saturated carbocycles. The van der Waals surface area contributed by atoms with Gasteiger partial charge >= 0.3 is 0 Å². The number of nitrogens with one attached hydrogen (secondary N) is 1. The van der Waals surface area contributed by atoms with Gasteiger partial charge in [-0.05, 0) is 36.2 Å². The van der Waals surface area contributed by atoms with Crippen molar-refractivity contribution in [1.82, 2.24) is 4.98 Å². The number of anilines is 1. The van der Waals surface area contributed by atoms with Gasteiger partial charge in [0.2, 0.25) is 0 Å². The molecule has 1 amide bonds. The first kappa shape index (κ1) is 14.8. The molecule has 1 aromatic carbocycles. The Balaban J connectivity index is 1.92. The number of hydrogen-bond donors (Lipinski definition) is 1. The molecular weight excluding hydrogens is 268 g/mol. The highest BCUT2D eigenvalue weighted by molar-refractivity contribution is 5.92. The van der Waals surface area contributed by atoms with Gasteiger partial charge in [-0.1, -0.05) is 19.1 Å². The zero-order valence-corrected chi connectivity index (χ0v) is 12.1. The topological polar surface area (TPSA) is 60.5 Å². The van der Waals surface area contributed by atoms with Crippen LogP contribution in [-0.4, -0.2) is 24.6 Å². The number of hydrogen-bond acceptors (Lipinski definition) is 4. The maximum Gasteiger partial charge on any atom is 0.263 e. The van der Waals surface area contributed by atoms with E-state index in [1.54, 1.807) is 18.3 Å². The van der Waals surface area contributed by atoms with E-state index < -0.39 is 0 Å². The minimum atomic E-state index is -0.283. The fraction of sp³-hybridized carbons (Fsp3) is 0.250. The van der Waals surface area contributed by atoms with Crippen molar-refractivity contribution in [3.63, 3.8) is 0 Å². The van der Waals surface area contributed by atoms with Crippen molar-refractivity contribution in [2.24, 2.45) is 0 Å². The highest BCUT2D eigenvalue weighted by Gasteiger charge is 2.09. The molecule has 5 heteroatoms. The third-order valence-electron chi connectivity index (χ3n) is 2.93. The van der Waals surface area contributed by atoms with E-state index in [0.29, 0.717) is 17.3 Å². The number of aryl methyl sites for hydroxylation is 1. The van der Waals surface area contributed by atoms with Crippen LogP contribution in [0.1, 0.15) is 12.5 Å². The average molecular weight is 286 g/mol. The van der Waals surface area contributed by atoms with Gasteiger partial charge in [-0.15, -0.1) is 0 Å². The van der Waals surface area contributed by atoms with Crippen molar-refractivity contribution in [2.45, 2.75) is 13.3 Å². The average Bonchev–Trinajstić information content (AvgIpc) is 2.53. The number of amides is 1. The summed E-state index contributed by atoms with van der Waals surface area (Å²) in [5.41, 5.74) is 1.17. The summed E-state index contributed by atoms with van der Waals surface area (Å²) < 4.78 is 10.6. The lowest BCUT2D eigenvalue weighted by atomic mass is 10.2. The van der Waals surface area contributed by atoms with E-state index in [9.17, 15) is 4.79 Å². The molecule has 21 heavy (non-hydrogen) atoms. The van der Waals surface area contributed by atoms with Gasteiger partial charge < -0.3 is 14.8 Å². The summed E-state index contributed by atoms with van der Waals surface area (Å²) in [6.45, 7) is 1.99. The van der Waals surface area contributed by atoms with Crippen LogP contribution in [0.15, 0.2) is 42.6 Å². The number of ether oxygens (including phenoxy) is 2. The number of methoxy groups -OCH3 is 1. The Morgan fingerprint density at radius 3 is 2.90 bits per heavy atom. The Bertz CT molecular complexity index is 614. The third-order valence-corrected chi connectivity index (χ3v) is 2.93. The molecule has 5 nitrogen and oxygen atoms in total. The van der Waals surface area contributed by atoms with Crippen LogP contribution in [0.25, 0.3) is 0 Å². The standard InChI is InChI=1S/C16H18N2O3/c1-3-12-6-4-7-13(10-12)21-11-15(19)18-16-14(20-2)8-5-9-17-16/h4-10H,3,11H2,1-2H3,(H,17,18,19). The predicted octanol–water partition coefficient (Wildman–Crippen LogP) is 2.67. The first-order chi connectivity index (χ1) is 10.2. The van der Waals surface area contributed by atoms with E-state index in [1.165, 1.54) is 12.7 Å². The van der Waals surface area contributed by atoms with Crippen LogP contribution >= 0.6 is 0 Å². The second-order valence-corrected chi connectivity index (χ2v) is 4.39. The van der Waals surface area contributed by atoms with Gasteiger partial charge in [0.1, 0.15) is 5.75 Å². The van der Waals surface area contributed by atoms with Gasteiger partial charge in [-0.25, -0.2) is 4.98 Å². The summed E-state index contributed by atoms with van der Waals surface area (Å²) in [7, 11) is 1.53. The van der Waals surface area contributed by atoms with Crippen LogP contribution in [0.2, 0.25) is 0 Å². The number of rotatable bonds is 6. The van der Waals surface area contributed by atoms with Crippen molar-refractivity contribution in [2.75, 3.05) is 19.0 Å². The molecule has 0 aliphatic carbocycles. The molecule has 0 atom stereocenters. The number of pyridine rings is 1. The molecule has 110 valence electrons. The van der Waals surface area contributed by atoms with Crippen molar-refractivity contribution >= 4 is 11.7 Å². The molecule has 0 radical (unpaired) electrons. The predicted molar refractivity (Wildman–Crippen MR) is 80.7 cm³/mol. The highest BCUT2D eigenvalue weighted by atomic mass is 16.5. The lowest BCUT2D eigenvalue weighted by Crippen LogP contribution is -2.21. The summed E-state index contributed by atoms with van der Waals surface area (Å²) in [5, 5.41) is 2.66. The van der Waals surface area contributed by atoms with E-state index in [1.807, 2.05) is 24.3 Å². The number of nitrogens with zero attached hydrogens (tertiary/aromatic N) is 1. The van der Waals surface area contributed by atoms with E-state index >= 15 is 0 Å². The SMILES string of the molecule is CCc1cccc(OCC(=O)Nc2ncccc2OC)c1. The zero-order chi connectivity index (χ0) is 15.1. The fourth-order valence-electron chi connectivity index (χ4n) is 1.82. The summed E-state index contributed by atoms with van der Waals surface area (Å²) in [4.78, 5) is 15.9. The molecule has 0 saturated heterocycles. The molecule has 1 heterocycles. The second-order valence-electron chi connectivity index (χ2n) is 4.39. The largest absolute Gasteiger partial charge is 0.493 e. The molecule has 0 aliphatic rings. The minimum absolute atomic E-state index is 0.0765. The highest BCUT2D eigenvalue weighted by Crippen LogP contribution is 2.20. The van der Waals surface area contributed by atoms with E-state index in [0.717, 1.165) is 6.42 Å². The third kappa shape index (κ3) is 4.21. The van der Waals surface area contributed by atoms with Crippen molar-refractivity contribution in [3.8, 4) is 11.5 Å². The normalized spacial score (nSPS) is 10.0. The molecule has 1 N–H and O–H groups in total. The Labute approximate surface area is 123 Å². The maximum atomic E-state index is 11.9. The Morgan fingerprint density at radius 2 is 2.14 bits per heavy atom. The molecule has 1 aromatic heterocycles. The molecular formula is C16H18N2O3. The van der Waals surface area contributed by atoms with Gasteiger partial charge in [0, 0.05) is 6.20 Å². The summed E-state index contributed by atoms with van der Waals surface area (Å²) in [6, 6.07) is 11.2. The van der Waals surface area contributed by atoms with Crippen LogP contribution in [0, 0.1) is 0 Å². The number of carbonyl (C=O) groups is 1. The fourth-order valence-corrected chi connectivity index (χ4v) is 1.82. The van der Waals surface area contributed by atoms with Gasteiger partial charge in [0.25, 0.3) is 5.91 Å². The lowest BCUT2D eigenvalue weighted by molar-refractivity contribution is -0.118. The maximum absolute atomic E-state index is 11.9. The number of aromatic nitrogens is 1. The Kier molecular flexibility index (Phi) is 5.15. The summed E-state index contributed by atoms with van der Waals surface area (Å²) in [5.74, 6) is 1.29. The van der Waals surface area contributed by atoms with Crippen molar-refractivity contribution in [3.05, 3.63) is 48.2 Å². The molecule has 0 bridgehead atoms. The molecule has 0 aliphatic heterocycles. The zero-order valence-electron chi connectivity index (χ0n) is 12.1. The Morgan fingerprint density at radius 1 is 1.29 bits per heavy atom. The smallest absolute Gasteiger partial charge is 0.263 e. The van der Waals surface area contributed by atoms with Crippen LogP contribution in [-0.2, 0) is 11.2 Å². The number of carbonyl (C=O) groups excluding carboxylic acids is 1. The summed E-state index contributed by atoms with van der Waals surface area (Å²) >= 11 is 0. The van der Waals surface area contributed by atoms with Gasteiger partial charge in [-0.2, -0.15) is 0 Å². The minimum Gasteiger partial charge on any atom is -0.493 e. The molecule has 0 spiro atoms. The molecule has 2 aromatic rings. The second kappa shape index (κ2) is 7.28. The van der Waals surface area contributed by atoms with Crippen molar-refractivity contribution < 1.29 is 14.3 Å². The van der Waals surface area contributed by atoms with Crippen LogP contribution in [0.5, 0.6) is 11.5 Å². The molecule has 0 fully saturated rings. The van der Waals surface area contributed by atoms with Crippen LogP contribution < -0.4 is 14.8 Å². The van der Waals surface area contributed by atoms with E-state index in [-0.39, 0.29) is 12.5 Å². The van der Waals surface area contributed by atoms with Crippen molar-refractivity contribution in [1.29, 1.82) is 0 Å². The quantitative estimate of drug-likeness (QED) is 0.887.